The number of carboxylic acids is 1. The summed E-state index contributed by atoms with van der Waals surface area (Å²) in [6, 6.07) is 24.6. The molecule has 38 heavy (non-hydrogen) atoms. The number of rotatable bonds is 6. The normalized spacial score (nSPS) is 18.7. The van der Waals surface area contributed by atoms with Gasteiger partial charge in [0.25, 0.3) is 0 Å². The summed E-state index contributed by atoms with van der Waals surface area (Å²) in [5.41, 5.74) is 5.72. The molecule has 7 heteroatoms. The first kappa shape index (κ1) is 25.3. The molecule has 194 valence electrons. The van der Waals surface area contributed by atoms with Crippen LogP contribution in [0.3, 0.4) is 0 Å². The molecule has 0 bridgehead atoms. The SMILES string of the molecule is CN(C)c1ccc([C@H]2CC(=O)C3=C(C2)Nc2ccccc2N(C(=O)CCC(=O)O)[C@H]3c2ccccc2)cc1. The van der Waals surface area contributed by atoms with Crippen LogP contribution in [-0.2, 0) is 14.4 Å². The minimum Gasteiger partial charge on any atom is -0.481 e. The van der Waals surface area contributed by atoms with E-state index in [2.05, 4.69) is 29.6 Å². The highest BCUT2D eigenvalue weighted by molar-refractivity contribution is 6.06. The fourth-order valence-corrected chi connectivity index (χ4v) is 5.43. The van der Waals surface area contributed by atoms with E-state index in [1.54, 1.807) is 4.90 Å². The lowest BCUT2D eigenvalue weighted by atomic mass is 9.78. The maximum absolute atomic E-state index is 14.0. The van der Waals surface area contributed by atoms with Gasteiger partial charge in [0, 0.05) is 43.9 Å². The standard InChI is InChI=1S/C31H31N3O4/c1-33(2)23-14-12-20(13-15-23)22-18-25-30(27(35)19-22)31(21-8-4-3-5-9-21)34(28(36)16-17-29(37)38)26-11-7-6-10-24(26)32-25/h3-15,22,31-32H,16-19H2,1-2H3,(H,37,38)/t22-,31+/m1/s1. The Labute approximate surface area is 222 Å². The third-order valence-electron chi connectivity index (χ3n) is 7.31. The second-order valence-electron chi connectivity index (χ2n) is 10.0. The Hall–Kier alpha value is -4.39. The molecule has 2 atom stereocenters. The molecule has 0 aromatic heterocycles. The number of ketones is 1. The van der Waals surface area contributed by atoms with E-state index in [-0.39, 0.29) is 30.4 Å². The number of carboxylic acid groups (broad SMARTS) is 1. The van der Waals surface area contributed by atoms with Crippen molar-refractivity contribution in [2.75, 3.05) is 29.2 Å². The van der Waals surface area contributed by atoms with Crippen LogP contribution in [0.25, 0.3) is 0 Å². The highest BCUT2D eigenvalue weighted by Crippen LogP contribution is 2.47. The van der Waals surface area contributed by atoms with Crippen LogP contribution in [-0.4, -0.2) is 36.9 Å². The maximum atomic E-state index is 14.0. The molecule has 0 unspecified atom stereocenters. The maximum Gasteiger partial charge on any atom is 0.303 e. The summed E-state index contributed by atoms with van der Waals surface area (Å²) >= 11 is 0. The van der Waals surface area contributed by atoms with Crippen LogP contribution in [0.15, 0.2) is 90.1 Å². The molecule has 0 spiro atoms. The molecule has 3 aromatic carbocycles. The molecular weight excluding hydrogens is 478 g/mol. The zero-order chi connectivity index (χ0) is 26.8. The van der Waals surface area contributed by atoms with Gasteiger partial charge in [-0.2, -0.15) is 0 Å². The first-order valence-electron chi connectivity index (χ1n) is 12.8. The van der Waals surface area contributed by atoms with Crippen LogP contribution < -0.4 is 15.1 Å². The zero-order valence-electron chi connectivity index (χ0n) is 21.6. The highest BCUT2D eigenvalue weighted by Gasteiger charge is 2.41. The Morgan fingerprint density at radius 1 is 0.895 bits per heavy atom. The van der Waals surface area contributed by atoms with Gasteiger partial charge in [-0.15, -0.1) is 0 Å². The van der Waals surface area contributed by atoms with Gasteiger partial charge in [0.15, 0.2) is 5.78 Å². The summed E-state index contributed by atoms with van der Waals surface area (Å²) in [6.45, 7) is 0. The van der Waals surface area contributed by atoms with Crippen molar-refractivity contribution in [2.45, 2.75) is 37.6 Å². The molecule has 3 aromatic rings. The number of hydrogen-bond acceptors (Lipinski definition) is 5. The second-order valence-corrected chi connectivity index (χ2v) is 10.0. The van der Waals surface area contributed by atoms with Crippen molar-refractivity contribution < 1.29 is 19.5 Å². The van der Waals surface area contributed by atoms with Gasteiger partial charge in [-0.1, -0.05) is 54.6 Å². The molecule has 2 N–H and O–H groups in total. The number of allylic oxidation sites excluding steroid dienone is 1. The van der Waals surface area contributed by atoms with E-state index < -0.39 is 12.0 Å². The predicted molar refractivity (Wildman–Crippen MR) is 148 cm³/mol. The van der Waals surface area contributed by atoms with Gasteiger partial charge in [-0.3, -0.25) is 19.3 Å². The zero-order valence-corrected chi connectivity index (χ0v) is 21.6. The Morgan fingerprint density at radius 3 is 2.26 bits per heavy atom. The van der Waals surface area contributed by atoms with Crippen molar-refractivity contribution in [1.29, 1.82) is 0 Å². The van der Waals surface area contributed by atoms with Crippen molar-refractivity contribution in [1.82, 2.24) is 0 Å². The summed E-state index contributed by atoms with van der Waals surface area (Å²) in [5.74, 6) is -1.38. The van der Waals surface area contributed by atoms with Crippen LogP contribution in [0.2, 0.25) is 0 Å². The fourth-order valence-electron chi connectivity index (χ4n) is 5.43. The molecule has 5 rings (SSSR count). The van der Waals surface area contributed by atoms with Gasteiger partial charge in [0.1, 0.15) is 0 Å². The quantitative estimate of drug-likeness (QED) is 0.455. The molecule has 1 heterocycles. The molecule has 7 nitrogen and oxygen atoms in total. The van der Waals surface area contributed by atoms with Crippen LogP contribution in [0.1, 0.15) is 48.8 Å². The molecule has 1 aliphatic heterocycles. The minimum atomic E-state index is -1.03. The monoisotopic (exact) mass is 509 g/mol. The molecule has 1 amide bonds. The lowest BCUT2D eigenvalue weighted by Gasteiger charge is -2.35. The van der Waals surface area contributed by atoms with Crippen molar-refractivity contribution in [3.8, 4) is 0 Å². The van der Waals surface area contributed by atoms with E-state index in [1.807, 2.05) is 73.6 Å². The number of aliphatic carboxylic acids is 1. The number of anilines is 3. The third kappa shape index (κ3) is 4.92. The smallest absolute Gasteiger partial charge is 0.303 e. The van der Waals surface area contributed by atoms with Gasteiger partial charge < -0.3 is 15.3 Å². The van der Waals surface area contributed by atoms with Gasteiger partial charge in [-0.25, -0.2) is 0 Å². The Morgan fingerprint density at radius 2 is 1.58 bits per heavy atom. The molecular formula is C31H31N3O4. The summed E-state index contributed by atoms with van der Waals surface area (Å²) in [6.07, 6.45) is 0.512. The van der Waals surface area contributed by atoms with Crippen LogP contribution in [0, 0.1) is 0 Å². The van der Waals surface area contributed by atoms with Crippen molar-refractivity contribution in [3.05, 3.63) is 101 Å². The van der Waals surface area contributed by atoms with E-state index in [9.17, 15) is 19.5 Å². The number of fused-ring (bicyclic) bond motifs is 1. The lowest BCUT2D eigenvalue weighted by molar-refractivity contribution is -0.138. The van der Waals surface area contributed by atoms with Crippen molar-refractivity contribution in [3.63, 3.8) is 0 Å². The molecule has 0 fully saturated rings. The van der Waals surface area contributed by atoms with E-state index in [0.717, 1.165) is 28.2 Å². The molecule has 2 aliphatic rings. The number of para-hydroxylation sites is 2. The number of Topliss-reactive ketones (excluding diaryl/α,β-unsaturated/α-hetero) is 1. The van der Waals surface area contributed by atoms with Crippen LogP contribution >= 0.6 is 0 Å². The minimum absolute atomic E-state index is 0.00260. The highest BCUT2D eigenvalue weighted by atomic mass is 16.4. The number of amides is 1. The number of nitrogens with zero attached hydrogens (tertiary/aromatic N) is 2. The van der Waals surface area contributed by atoms with Crippen molar-refractivity contribution in [2.24, 2.45) is 0 Å². The Kier molecular flexibility index (Phi) is 7.01. The number of nitrogens with one attached hydrogen (secondary N) is 1. The topological polar surface area (TPSA) is 90.0 Å². The van der Waals surface area contributed by atoms with E-state index >= 15 is 0 Å². The number of carbonyl (C=O) groups excluding carboxylic acids is 2. The first-order chi connectivity index (χ1) is 18.3. The lowest BCUT2D eigenvalue weighted by Crippen LogP contribution is -2.38. The Bertz CT molecular complexity index is 1400. The van der Waals surface area contributed by atoms with E-state index in [1.165, 1.54) is 0 Å². The van der Waals surface area contributed by atoms with Gasteiger partial charge >= 0.3 is 5.97 Å². The van der Waals surface area contributed by atoms with Crippen LogP contribution in [0.5, 0.6) is 0 Å². The Balaban J connectivity index is 1.62. The molecule has 0 radical (unpaired) electrons. The summed E-state index contributed by atoms with van der Waals surface area (Å²) in [7, 11) is 3.99. The van der Waals surface area contributed by atoms with Gasteiger partial charge in [0.05, 0.1) is 23.8 Å². The van der Waals surface area contributed by atoms with E-state index in [0.29, 0.717) is 24.1 Å². The van der Waals surface area contributed by atoms with Crippen molar-refractivity contribution >= 4 is 34.7 Å². The van der Waals surface area contributed by atoms with E-state index in [4.69, 9.17) is 0 Å². The number of hydrogen-bond donors (Lipinski definition) is 2. The first-order valence-corrected chi connectivity index (χ1v) is 12.8. The second kappa shape index (κ2) is 10.5. The largest absolute Gasteiger partial charge is 0.481 e. The van der Waals surface area contributed by atoms with Crippen LogP contribution in [0.4, 0.5) is 17.1 Å². The average Bonchev–Trinajstić information content (AvgIpc) is 3.07. The predicted octanol–water partition coefficient (Wildman–Crippen LogP) is 5.52. The molecule has 0 saturated heterocycles. The summed E-state index contributed by atoms with van der Waals surface area (Å²) < 4.78 is 0. The fraction of sp³-hybridized carbons (Fsp3) is 0.258. The average molecular weight is 510 g/mol. The van der Waals surface area contributed by atoms with Gasteiger partial charge in [0.2, 0.25) is 5.91 Å². The third-order valence-corrected chi connectivity index (χ3v) is 7.31. The summed E-state index contributed by atoms with van der Waals surface area (Å²) in [5, 5.41) is 12.8. The number of benzene rings is 3. The number of carbonyl (C=O) groups is 3. The summed E-state index contributed by atoms with van der Waals surface area (Å²) in [4.78, 5) is 42.6. The molecule has 0 saturated carbocycles. The molecule has 1 aliphatic carbocycles. The van der Waals surface area contributed by atoms with Gasteiger partial charge in [-0.05, 0) is 47.7 Å².